The van der Waals surface area contributed by atoms with Crippen molar-refractivity contribution >= 4 is 17.6 Å². The Bertz CT molecular complexity index is 734. The number of carbonyl (C=O) groups excluding carboxylic acids is 2. The largest absolute Gasteiger partial charge is 0.338 e. The average molecular weight is 384 g/mol. The van der Waals surface area contributed by atoms with Crippen LogP contribution in [0, 0.1) is 11.3 Å². The van der Waals surface area contributed by atoms with Crippen LogP contribution in [0.3, 0.4) is 0 Å². The zero-order valence-corrected chi connectivity index (χ0v) is 16.5. The molecule has 2 saturated heterocycles. The van der Waals surface area contributed by atoms with Crippen LogP contribution < -0.4 is 10.6 Å². The Hall–Kier alpha value is -2.63. The summed E-state index contributed by atoms with van der Waals surface area (Å²) in [5.74, 6) is 0.123. The average Bonchev–Trinajstić information content (AvgIpc) is 2.74. The van der Waals surface area contributed by atoms with Gasteiger partial charge in [-0.1, -0.05) is 0 Å². The molecule has 0 spiro atoms. The van der Waals surface area contributed by atoms with Crippen LogP contribution in [0.25, 0.3) is 0 Å². The molecule has 28 heavy (non-hydrogen) atoms. The number of urea groups is 1. The summed E-state index contributed by atoms with van der Waals surface area (Å²) in [7, 11) is 0. The number of amides is 3. The SMILES string of the molecule is CC(C)N1CCN[C@@H](C(=O)N2CCN(C(=O)Nc3ccc(C#N)cc3)CC2)C1. The summed E-state index contributed by atoms with van der Waals surface area (Å²) in [5, 5.41) is 15.0. The van der Waals surface area contributed by atoms with Crippen LogP contribution in [0.1, 0.15) is 19.4 Å². The molecule has 3 amide bonds. The maximum Gasteiger partial charge on any atom is 0.321 e. The lowest BCUT2D eigenvalue weighted by Gasteiger charge is -2.40. The molecule has 2 fully saturated rings. The number of nitrogens with zero attached hydrogens (tertiary/aromatic N) is 4. The molecule has 3 rings (SSSR count). The molecule has 0 unspecified atom stereocenters. The van der Waals surface area contributed by atoms with E-state index in [0.717, 1.165) is 19.6 Å². The van der Waals surface area contributed by atoms with Gasteiger partial charge in [0.05, 0.1) is 17.7 Å². The van der Waals surface area contributed by atoms with Crippen molar-refractivity contribution in [1.82, 2.24) is 20.0 Å². The Labute approximate surface area is 166 Å². The maximum atomic E-state index is 12.8. The zero-order valence-electron chi connectivity index (χ0n) is 16.5. The second-order valence-electron chi connectivity index (χ2n) is 7.53. The van der Waals surface area contributed by atoms with Gasteiger partial charge in [0.2, 0.25) is 5.91 Å². The summed E-state index contributed by atoms with van der Waals surface area (Å²) in [4.78, 5) is 31.2. The lowest BCUT2D eigenvalue weighted by molar-refractivity contribution is -0.136. The van der Waals surface area contributed by atoms with E-state index in [0.29, 0.717) is 43.5 Å². The number of carbonyl (C=O) groups is 2. The molecular formula is C20H28N6O2. The highest BCUT2D eigenvalue weighted by Crippen LogP contribution is 2.13. The molecule has 0 radical (unpaired) electrons. The van der Waals surface area contributed by atoms with Crippen LogP contribution in [0.15, 0.2) is 24.3 Å². The van der Waals surface area contributed by atoms with Crippen molar-refractivity contribution in [3.05, 3.63) is 29.8 Å². The van der Waals surface area contributed by atoms with Crippen molar-refractivity contribution in [3.63, 3.8) is 0 Å². The first-order chi connectivity index (χ1) is 13.5. The summed E-state index contributed by atoms with van der Waals surface area (Å²) >= 11 is 0. The second kappa shape index (κ2) is 9.04. The number of anilines is 1. The third-order valence-corrected chi connectivity index (χ3v) is 5.38. The van der Waals surface area contributed by atoms with Crippen molar-refractivity contribution in [2.45, 2.75) is 25.9 Å². The van der Waals surface area contributed by atoms with E-state index in [2.05, 4.69) is 35.5 Å². The van der Waals surface area contributed by atoms with E-state index >= 15 is 0 Å². The number of hydrogen-bond acceptors (Lipinski definition) is 5. The van der Waals surface area contributed by atoms with Crippen LogP contribution in [0.5, 0.6) is 0 Å². The van der Waals surface area contributed by atoms with Gasteiger partial charge >= 0.3 is 6.03 Å². The van der Waals surface area contributed by atoms with E-state index in [4.69, 9.17) is 5.26 Å². The third kappa shape index (κ3) is 4.80. The van der Waals surface area contributed by atoms with Gasteiger partial charge in [0.1, 0.15) is 0 Å². The fourth-order valence-corrected chi connectivity index (χ4v) is 3.59. The summed E-state index contributed by atoms with van der Waals surface area (Å²) in [6.45, 7) is 8.92. The van der Waals surface area contributed by atoms with Gasteiger partial charge in [-0.05, 0) is 38.1 Å². The lowest BCUT2D eigenvalue weighted by Crippen LogP contribution is -2.61. The molecule has 0 saturated carbocycles. The summed E-state index contributed by atoms with van der Waals surface area (Å²) in [6, 6.07) is 8.90. The number of rotatable bonds is 3. The Morgan fingerprint density at radius 2 is 1.75 bits per heavy atom. The Kier molecular flexibility index (Phi) is 6.49. The summed E-state index contributed by atoms with van der Waals surface area (Å²) in [6.07, 6.45) is 0. The molecule has 8 heteroatoms. The minimum Gasteiger partial charge on any atom is -0.338 e. The van der Waals surface area contributed by atoms with E-state index in [9.17, 15) is 9.59 Å². The van der Waals surface area contributed by atoms with Crippen molar-refractivity contribution in [2.24, 2.45) is 0 Å². The number of hydrogen-bond donors (Lipinski definition) is 2. The predicted molar refractivity (Wildman–Crippen MR) is 107 cm³/mol. The quantitative estimate of drug-likeness (QED) is 0.809. The molecule has 0 aromatic heterocycles. The highest BCUT2D eigenvalue weighted by atomic mass is 16.2. The molecule has 2 heterocycles. The topological polar surface area (TPSA) is 91.7 Å². The molecule has 1 atom stereocenters. The normalized spacial score (nSPS) is 20.7. The van der Waals surface area contributed by atoms with Crippen LogP contribution in [0.4, 0.5) is 10.5 Å². The molecule has 0 aliphatic carbocycles. The van der Waals surface area contributed by atoms with Crippen LogP contribution in [-0.2, 0) is 4.79 Å². The molecule has 2 N–H and O–H groups in total. The number of nitrogens with one attached hydrogen (secondary N) is 2. The molecule has 2 aliphatic rings. The monoisotopic (exact) mass is 384 g/mol. The van der Waals surface area contributed by atoms with Crippen LogP contribution in [0.2, 0.25) is 0 Å². The molecule has 0 bridgehead atoms. The van der Waals surface area contributed by atoms with E-state index in [-0.39, 0.29) is 18.0 Å². The van der Waals surface area contributed by atoms with Gasteiger partial charge in [-0.25, -0.2) is 4.79 Å². The lowest BCUT2D eigenvalue weighted by atomic mass is 10.1. The van der Waals surface area contributed by atoms with Crippen molar-refractivity contribution < 1.29 is 9.59 Å². The highest BCUT2D eigenvalue weighted by molar-refractivity contribution is 5.89. The van der Waals surface area contributed by atoms with Gasteiger partial charge in [-0.15, -0.1) is 0 Å². The van der Waals surface area contributed by atoms with E-state index in [1.165, 1.54) is 0 Å². The Morgan fingerprint density at radius 3 is 2.36 bits per heavy atom. The maximum absolute atomic E-state index is 12.8. The summed E-state index contributed by atoms with van der Waals surface area (Å²) in [5.41, 5.74) is 1.21. The van der Waals surface area contributed by atoms with Crippen molar-refractivity contribution in [3.8, 4) is 6.07 Å². The molecule has 8 nitrogen and oxygen atoms in total. The van der Waals surface area contributed by atoms with Gasteiger partial charge < -0.3 is 20.4 Å². The first kappa shape index (κ1) is 20.1. The minimum atomic E-state index is -0.182. The van der Waals surface area contributed by atoms with E-state index in [1.807, 2.05) is 4.90 Å². The standard InChI is InChI=1S/C20H28N6O2/c1-15(2)26-8-7-22-18(14-26)19(27)24-9-11-25(12-10-24)20(28)23-17-5-3-16(13-21)4-6-17/h3-6,15,18,22H,7-12,14H2,1-2H3,(H,23,28)/t18-/m1/s1. The second-order valence-corrected chi connectivity index (χ2v) is 7.53. The van der Waals surface area contributed by atoms with Gasteiger partial charge in [0.25, 0.3) is 0 Å². The molecule has 2 aliphatic heterocycles. The Morgan fingerprint density at radius 1 is 1.11 bits per heavy atom. The first-order valence-corrected chi connectivity index (χ1v) is 9.80. The van der Waals surface area contributed by atoms with E-state index < -0.39 is 0 Å². The van der Waals surface area contributed by atoms with Crippen LogP contribution >= 0.6 is 0 Å². The first-order valence-electron chi connectivity index (χ1n) is 9.80. The minimum absolute atomic E-state index is 0.123. The Balaban J connectivity index is 1.48. The highest BCUT2D eigenvalue weighted by Gasteiger charge is 2.32. The van der Waals surface area contributed by atoms with Gasteiger partial charge in [0.15, 0.2) is 0 Å². The number of piperazine rings is 2. The van der Waals surface area contributed by atoms with Crippen molar-refractivity contribution in [1.29, 1.82) is 5.26 Å². The molecule has 150 valence electrons. The zero-order chi connectivity index (χ0) is 20.1. The molecular weight excluding hydrogens is 356 g/mol. The molecule has 1 aromatic carbocycles. The van der Waals surface area contributed by atoms with Gasteiger partial charge in [-0.3, -0.25) is 9.69 Å². The van der Waals surface area contributed by atoms with Crippen molar-refractivity contribution in [2.75, 3.05) is 51.1 Å². The molecule has 1 aromatic rings. The smallest absolute Gasteiger partial charge is 0.321 e. The fraction of sp³-hybridized carbons (Fsp3) is 0.550. The fourth-order valence-electron chi connectivity index (χ4n) is 3.59. The number of nitriles is 1. The van der Waals surface area contributed by atoms with Gasteiger partial charge in [0, 0.05) is 57.5 Å². The summed E-state index contributed by atoms with van der Waals surface area (Å²) < 4.78 is 0. The predicted octanol–water partition coefficient (Wildman–Crippen LogP) is 0.917. The number of benzene rings is 1. The van der Waals surface area contributed by atoms with E-state index in [1.54, 1.807) is 29.2 Å². The third-order valence-electron chi connectivity index (χ3n) is 5.38. The van der Waals surface area contributed by atoms with Gasteiger partial charge in [-0.2, -0.15) is 5.26 Å². The van der Waals surface area contributed by atoms with Crippen LogP contribution in [-0.4, -0.2) is 84.5 Å².